The summed E-state index contributed by atoms with van der Waals surface area (Å²) < 4.78 is 11.1. The summed E-state index contributed by atoms with van der Waals surface area (Å²) in [4.78, 5) is 11.9. The molecular formula is C18H20ClNO3. The molecule has 0 saturated carbocycles. The summed E-state index contributed by atoms with van der Waals surface area (Å²) in [5.74, 6) is 1.29. The molecule has 122 valence electrons. The summed E-state index contributed by atoms with van der Waals surface area (Å²) in [7, 11) is 1.59. The smallest absolute Gasteiger partial charge is 0.251 e. The molecule has 0 unspecified atom stereocenters. The average Bonchev–Trinajstić information content (AvgIpc) is 2.56. The summed E-state index contributed by atoms with van der Waals surface area (Å²) >= 11 is 6.01. The fraction of sp³-hybridized carbons (Fsp3) is 0.278. The second kappa shape index (κ2) is 7.88. The van der Waals surface area contributed by atoms with Crippen LogP contribution < -0.4 is 14.8 Å². The fourth-order valence-corrected chi connectivity index (χ4v) is 2.28. The van der Waals surface area contributed by atoms with Gasteiger partial charge in [-0.3, -0.25) is 4.79 Å². The molecule has 0 spiro atoms. The first-order valence-electron chi connectivity index (χ1n) is 7.39. The van der Waals surface area contributed by atoms with E-state index in [0.29, 0.717) is 29.5 Å². The monoisotopic (exact) mass is 333 g/mol. The molecule has 23 heavy (non-hydrogen) atoms. The zero-order valence-electron chi connectivity index (χ0n) is 13.5. The second-order valence-electron chi connectivity index (χ2n) is 5.09. The molecule has 2 rings (SSSR count). The minimum atomic E-state index is -0.112. The normalized spacial score (nSPS) is 10.3. The van der Waals surface area contributed by atoms with Crippen molar-refractivity contribution in [1.29, 1.82) is 0 Å². The van der Waals surface area contributed by atoms with Gasteiger partial charge in [0.05, 0.1) is 7.11 Å². The maximum absolute atomic E-state index is 11.9. The summed E-state index contributed by atoms with van der Waals surface area (Å²) in [5.41, 5.74) is 2.34. The first kappa shape index (κ1) is 17.2. The second-order valence-corrected chi connectivity index (χ2v) is 5.49. The van der Waals surface area contributed by atoms with Crippen LogP contribution in [0.25, 0.3) is 0 Å². The lowest BCUT2D eigenvalue weighted by Gasteiger charge is -2.12. The van der Waals surface area contributed by atoms with E-state index in [1.165, 1.54) is 0 Å². The topological polar surface area (TPSA) is 47.6 Å². The van der Waals surface area contributed by atoms with Crippen LogP contribution in [0.1, 0.15) is 28.4 Å². The Morgan fingerprint density at radius 2 is 2.00 bits per heavy atom. The van der Waals surface area contributed by atoms with Crippen molar-refractivity contribution in [2.45, 2.75) is 20.5 Å². The van der Waals surface area contributed by atoms with Crippen LogP contribution in [0.5, 0.6) is 11.5 Å². The fourth-order valence-electron chi connectivity index (χ4n) is 2.16. The SMILES string of the molecule is CCNC(=O)c1ccc(OC)c(COc2ccc(Cl)c(C)c2)c1. The summed E-state index contributed by atoms with van der Waals surface area (Å²) in [6.45, 7) is 4.69. The third-order valence-corrected chi connectivity index (χ3v) is 3.83. The summed E-state index contributed by atoms with van der Waals surface area (Å²) in [6.07, 6.45) is 0. The number of methoxy groups -OCH3 is 1. The van der Waals surface area contributed by atoms with E-state index in [9.17, 15) is 4.79 Å². The van der Waals surface area contributed by atoms with Crippen molar-refractivity contribution >= 4 is 17.5 Å². The number of carbonyl (C=O) groups excluding carboxylic acids is 1. The number of rotatable bonds is 6. The Morgan fingerprint density at radius 1 is 1.22 bits per heavy atom. The van der Waals surface area contributed by atoms with Gasteiger partial charge in [-0.05, 0) is 55.8 Å². The van der Waals surface area contributed by atoms with E-state index in [4.69, 9.17) is 21.1 Å². The number of hydrogen-bond donors (Lipinski definition) is 1. The van der Waals surface area contributed by atoms with Gasteiger partial charge in [0.1, 0.15) is 18.1 Å². The van der Waals surface area contributed by atoms with Crippen molar-refractivity contribution in [3.05, 3.63) is 58.1 Å². The quantitative estimate of drug-likeness (QED) is 0.869. The van der Waals surface area contributed by atoms with Crippen molar-refractivity contribution < 1.29 is 14.3 Å². The summed E-state index contributed by atoms with van der Waals surface area (Å²) in [6, 6.07) is 10.8. The van der Waals surface area contributed by atoms with Gasteiger partial charge in [-0.1, -0.05) is 11.6 Å². The van der Waals surface area contributed by atoms with Crippen molar-refractivity contribution in [3.8, 4) is 11.5 Å². The van der Waals surface area contributed by atoms with Crippen LogP contribution in [0.2, 0.25) is 5.02 Å². The number of carbonyl (C=O) groups is 1. The van der Waals surface area contributed by atoms with Crippen LogP contribution in [0.3, 0.4) is 0 Å². The molecule has 0 radical (unpaired) electrons. The third-order valence-electron chi connectivity index (χ3n) is 3.40. The molecule has 0 fully saturated rings. The molecule has 0 atom stereocenters. The Balaban J connectivity index is 2.18. The van der Waals surface area contributed by atoms with Crippen molar-refractivity contribution in [2.24, 2.45) is 0 Å². The Labute approximate surface area is 141 Å². The average molecular weight is 334 g/mol. The Hall–Kier alpha value is -2.20. The van der Waals surface area contributed by atoms with Crippen molar-refractivity contribution in [1.82, 2.24) is 5.32 Å². The Kier molecular flexibility index (Phi) is 5.88. The minimum Gasteiger partial charge on any atom is -0.496 e. The first-order valence-corrected chi connectivity index (χ1v) is 7.77. The van der Waals surface area contributed by atoms with E-state index >= 15 is 0 Å². The Bertz CT molecular complexity index is 701. The molecule has 0 aliphatic carbocycles. The van der Waals surface area contributed by atoms with Gasteiger partial charge in [0.2, 0.25) is 0 Å². The molecule has 0 aliphatic rings. The molecule has 0 bridgehead atoms. The number of ether oxygens (including phenoxy) is 2. The summed E-state index contributed by atoms with van der Waals surface area (Å²) in [5, 5.41) is 3.48. The highest BCUT2D eigenvalue weighted by Crippen LogP contribution is 2.25. The molecule has 1 amide bonds. The van der Waals surface area contributed by atoms with Gasteiger partial charge in [-0.15, -0.1) is 0 Å². The van der Waals surface area contributed by atoms with Crippen molar-refractivity contribution in [2.75, 3.05) is 13.7 Å². The van der Waals surface area contributed by atoms with Gasteiger partial charge in [-0.25, -0.2) is 0 Å². The molecule has 0 heterocycles. The maximum Gasteiger partial charge on any atom is 0.251 e. The third kappa shape index (κ3) is 4.39. The number of halogens is 1. The van der Waals surface area contributed by atoms with Gasteiger partial charge < -0.3 is 14.8 Å². The number of aryl methyl sites for hydroxylation is 1. The van der Waals surface area contributed by atoms with Gasteiger partial charge in [0.25, 0.3) is 5.91 Å². The first-order chi connectivity index (χ1) is 11.0. The van der Waals surface area contributed by atoms with Gasteiger partial charge in [-0.2, -0.15) is 0 Å². The predicted octanol–water partition coefficient (Wildman–Crippen LogP) is 3.99. The minimum absolute atomic E-state index is 0.112. The molecule has 2 aromatic carbocycles. The number of hydrogen-bond acceptors (Lipinski definition) is 3. The molecule has 2 aromatic rings. The van der Waals surface area contributed by atoms with Crippen LogP contribution in [0, 0.1) is 6.92 Å². The van der Waals surface area contributed by atoms with Gasteiger partial charge >= 0.3 is 0 Å². The van der Waals surface area contributed by atoms with Gasteiger partial charge in [0.15, 0.2) is 0 Å². The van der Waals surface area contributed by atoms with E-state index < -0.39 is 0 Å². The zero-order valence-corrected chi connectivity index (χ0v) is 14.2. The van der Waals surface area contributed by atoms with Gasteiger partial charge in [0, 0.05) is 22.7 Å². The van der Waals surface area contributed by atoms with E-state index in [0.717, 1.165) is 16.9 Å². The lowest BCUT2D eigenvalue weighted by Crippen LogP contribution is -2.22. The van der Waals surface area contributed by atoms with Crippen LogP contribution in [-0.4, -0.2) is 19.6 Å². The number of benzene rings is 2. The van der Waals surface area contributed by atoms with E-state index in [1.54, 1.807) is 31.4 Å². The van der Waals surface area contributed by atoms with E-state index in [-0.39, 0.29) is 5.91 Å². The van der Waals surface area contributed by atoms with Crippen LogP contribution in [0.15, 0.2) is 36.4 Å². The maximum atomic E-state index is 11.9. The zero-order chi connectivity index (χ0) is 16.8. The number of nitrogens with one attached hydrogen (secondary N) is 1. The highest BCUT2D eigenvalue weighted by Gasteiger charge is 2.10. The predicted molar refractivity (Wildman–Crippen MR) is 91.5 cm³/mol. The van der Waals surface area contributed by atoms with Crippen LogP contribution in [-0.2, 0) is 6.61 Å². The highest BCUT2D eigenvalue weighted by molar-refractivity contribution is 6.31. The van der Waals surface area contributed by atoms with Crippen LogP contribution >= 0.6 is 11.6 Å². The van der Waals surface area contributed by atoms with Crippen LogP contribution in [0.4, 0.5) is 0 Å². The molecule has 5 heteroatoms. The lowest BCUT2D eigenvalue weighted by molar-refractivity contribution is 0.0955. The standard InChI is InChI=1S/C18H20ClNO3/c1-4-20-18(21)13-5-8-17(22-3)14(10-13)11-23-15-6-7-16(19)12(2)9-15/h5-10H,4,11H2,1-3H3,(H,20,21). The molecular weight excluding hydrogens is 314 g/mol. The lowest BCUT2D eigenvalue weighted by atomic mass is 10.1. The van der Waals surface area contributed by atoms with E-state index in [1.807, 2.05) is 26.0 Å². The van der Waals surface area contributed by atoms with Crippen molar-refractivity contribution in [3.63, 3.8) is 0 Å². The molecule has 1 N–H and O–H groups in total. The molecule has 4 nitrogen and oxygen atoms in total. The molecule has 0 saturated heterocycles. The highest BCUT2D eigenvalue weighted by atomic mass is 35.5. The molecule has 0 aromatic heterocycles. The number of amides is 1. The largest absolute Gasteiger partial charge is 0.496 e. The molecule has 0 aliphatic heterocycles. The van der Waals surface area contributed by atoms with E-state index in [2.05, 4.69) is 5.32 Å². The Morgan fingerprint density at radius 3 is 2.65 bits per heavy atom.